The average Bonchev–Trinajstić information content (AvgIpc) is 2.30. The monoisotopic (exact) mass is 230 g/mol. The number of hydrogen-bond donors (Lipinski definition) is 1. The first kappa shape index (κ1) is 11.6. The van der Waals surface area contributed by atoms with E-state index in [-0.39, 0.29) is 12.6 Å². The molecule has 92 valence electrons. The number of likely N-dealkylation sites (tertiary alicyclic amines) is 2. The summed E-state index contributed by atoms with van der Waals surface area (Å²) in [5.74, 6) is 0. The fourth-order valence-electron chi connectivity index (χ4n) is 2.73. The van der Waals surface area contributed by atoms with Gasteiger partial charge < -0.3 is 10.0 Å². The fourth-order valence-corrected chi connectivity index (χ4v) is 2.73. The Balaban J connectivity index is 1.90. The molecule has 0 aromatic heterocycles. The molecule has 1 amide bonds. The lowest BCUT2D eigenvalue weighted by Crippen LogP contribution is -2.54. The molecule has 4 nitrogen and oxygen atoms in total. The van der Waals surface area contributed by atoms with Crippen LogP contribution in [0.15, 0.2) is 0 Å². The van der Waals surface area contributed by atoms with Gasteiger partial charge in [-0.15, -0.1) is 0 Å². The summed E-state index contributed by atoms with van der Waals surface area (Å²) in [5.41, 5.74) is 0. The number of alkyl halides is 1. The molecule has 0 bridgehead atoms. The SMILES string of the molecule is O=C(O)N1CCC(N2CCCCC2)C(F)C1. The van der Waals surface area contributed by atoms with Crippen molar-refractivity contribution in [3.63, 3.8) is 0 Å². The number of piperidine rings is 2. The third-order valence-electron chi connectivity index (χ3n) is 3.64. The minimum absolute atomic E-state index is 0.0382. The fraction of sp³-hybridized carbons (Fsp3) is 0.909. The number of hydrogen-bond acceptors (Lipinski definition) is 2. The number of rotatable bonds is 1. The van der Waals surface area contributed by atoms with Crippen LogP contribution in [-0.4, -0.2) is 59.4 Å². The van der Waals surface area contributed by atoms with Gasteiger partial charge in [-0.3, -0.25) is 4.90 Å². The van der Waals surface area contributed by atoms with E-state index in [0.29, 0.717) is 13.0 Å². The van der Waals surface area contributed by atoms with Crippen LogP contribution in [0, 0.1) is 0 Å². The summed E-state index contributed by atoms with van der Waals surface area (Å²) < 4.78 is 13.9. The van der Waals surface area contributed by atoms with E-state index < -0.39 is 12.3 Å². The van der Waals surface area contributed by atoms with Crippen molar-refractivity contribution in [3.8, 4) is 0 Å². The van der Waals surface area contributed by atoms with Gasteiger partial charge in [0.1, 0.15) is 6.17 Å². The Morgan fingerprint density at radius 1 is 1.19 bits per heavy atom. The second-order valence-corrected chi connectivity index (χ2v) is 4.70. The molecule has 0 aromatic carbocycles. The second-order valence-electron chi connectivity index (χ2n) is 4.70. The number of carboxylic acid groups (broad SMARTS) is 1. The molecule has 2 rings (SSSR count). The van der Waals surface area contributed by atoms with E-state index >= 15 is 0 Å². The standard InChI is InChI=1S/C11H19FN2O2/c12-9-8-14(11(15)16)7-4-10(9)13-5-2-1-3-6-13/h9-10H,1-8H2,(H,15,16). The number of carbonyl (C=O) groups is 1. The van der Waals surface area contributed by atoms with Crippen molar-refractivity contribution in [3.05, 3.63) is 0 Å². The molecule has 2 unspecified atom stereocenters. The van der Waals surface area contributed by atoms with E-state index in [1.807, 2.05) is 0 Å². The number of amides is 1. The first-order valence-electron chi connectivity index (χ1n) is 6.04. The zero-order chi connectivity index (χ0) is 11.5. The maximum Gasteiger partial charge on any atom is 0.407 e. The van der Waals surface area contributed by atoms with Gasteiger partial charge >= 0.3 is 6.09 Å². The van der Waals surface area contributed by atoms with E-state index in [1.54, 1.807) is 0 Å². The molecule has 0 aromatic rings. The highest BCUT2D eigenvalue weighted by molar-refractivity contribution is 5.65. The lowest BCUT2D eigenvalue weighted by Gasteiger charge is -2.41. The molecular formula is C11H19FN2O2. The summed E-state index contributed by atoms with van der Waals surface area (Å²) in [4.78, 5) is 14.1. The second kappa shape index (κ2) is 4.99. The maximum atomic E-state index is 13.9. The Morgan fingerprint density at radius 3 is 2.44 bits per heavy atom. The Labute approximate surface area is 95.0 Å². The highest BCUT2D eigenvalue weighted by atomic mass is 19.1. The largest absolute Gasteiger partial charge is 0.465 e. The van der Waals surface area contributed by atoms with Crippen LogP contribution >= 0.6 is 0 Å². The minimum atomic E-state index is -1.03. The van der Waals surface area contributed by atoms with Crippen LogP contribution in [0.25, 0.3) is 0 Å². The summed E-state index contributed by atoms with van der Waals surface area (Å²) in [6, 6.07) is -0.0594. The molecule has 0 aliphatic carbocycles. The molecule has 2 saturated heterocycles. The number of halogens is 1. The summed E-state index contributed by atoms with van der Waals surface area (Å²) >= 11 is 0. The highest BCUT2D eigenvalue weighted by Crippen LogP contribution is 2.23. The van der Waals surface area contributed by atoms with Gasteiger partial charge in [-0.25, -0.2) is 9.18 Å². The number of nitrogens with zero attached hydrogens (tertiary/aromatic N) is 2. The summed E-state index contributed by atoms with van der Waals surface area (Å²) in [7, 11) is 0. The topological polar surface area (TPSA) is 43.8 Å². The third-order valence-corrected chi connectivity index (χ3v) is 3.64. The van der Waals surface area contributed by atoms with Crippen molar-refractivity contribution >= 4 is 6.09 Å². The molecular weight excluding hydrogens is 211 g/mol. The first-order chi connectivity index (χ1) is 7.68. The lowest BCUT2D eigenvalue weighted by atomic mass is 9.98. The molecule has 2 aliphatic heterocycles. The average molecular weight is 230 g/mol. The van der Waals surface area contributed by atoms with E-state index in [0.717, 1.165) is 25.9 Å². The van der Waals surface area contributed by atoms with Crippen LogP contribution in [0.1, 0.15) is 25.7 Å². The molecule has 0 saturated carbocycles. The molecule has 5 heteroatoms. The molecule has 2 heterocycles. The van der Waals surface area contributed by atoms with Crippen LogP contribution in [0.2, 0.25) is 0 Å². The van der Waals surface area contributed by atoms with Gasteiger partial charge in [0.25, 0.3) is 0 Å². The van der Waals surface area contributed by atoms with Crippen molar-refractivity contribution in [2.75, 3.05) is 26.2 Å². The van der Waals surface area contributed by atoms with Crippen molar-refractivity contribution in [2.24, 2.45) is 0 Å². The molecule has 16 heavy (non-hydrogen) atoms. The van der Waals surface area contributed by atoms with Gasteiger partial charge in [0.05, 0.1) is 6.54 Å². The maximum absolute atomic E-state index is 13.9. The molecule has 0 radical (unpaired) electrons. The predicted octanol–water partition coefficient (Wildman–Crippen LogP) is 1.56. The molecule has 2 atom stereocenters. The zero-order valence-electron chi connectivity index (χ0n) is 9.44. The Hall–Kier alpha value is -0.840. The zero-order valence-corrected chi connectivity index (χ0v) is 9.44. The van der Waals surface area contributed by atoms with Crippen LogP contribution in [0.3, 0.4) is 0 Å². The van der Waals surface area contributed by atoms with Crippen molar-refractivity contribution in [1.82, 2.24) is 9.80 Å². The smallest absolute Gasteiger partial charge is 0.407 e. The van der Waals surface area contributed by atoms with E-state index in [2.05, 4.69) is 4.90 Å². The van der Waals surface area contributed by atoms with E-state index in [1.165, 1.54) is 11.3 Å². The summed E-state index contributed by atoms with van der Waals surface area (Å²) in [6.07, 6.45) is 2.13. The van der Waals surface area contributed by atoms with Crippen LogP contribution in [-0.2, 0) is 0 Å². The van der Waals surface area contributed by atoms with Crippen LogP contribution < -0.4 is 0 Å². The molecule has 0 spiro atoms. The van der Waals surface area contributed by atoms with Crippen molar-refractivity contribution < 1.29 is 14.3 Å². The van der Waals surface area contributed by atoms with Gasteiger partial charge in [0.2, 0.25) is 0 Å². The van der Waals surface area contributed by atoms with E-state index in [9.17, 15) is 9.18 Å². The summed E-state index contributed by atoms with van der Waals surface area (Å²) in [6.45, 7) is 2.45. The molecule has 2 fully saturated rings. The van der Waals surface area contributed by atoms with Crippen LogP contribution in [0.4, 0.5) is 9.18 Å². The van der Waals surface area contributed by atoms with Gasteiger partial charge in [0.15, 0.2) is 0 Å². The molecule has 2 aliphatic rings. The first-order valence-corrected chi connectivity index (χ1v) is 6.04. The lowest BCUT2D eigenvalue weighted by molar-refractivity contribution is 0.0272. The van der Waals surface area contributed by atoms with Gasteiger partial charge in [0, 0.05) is 12.6 Å². The Bertz CT molecular complexity index is 256. The Morgan fingerprint density at radius 2 is 1.88 bits per heavy atom. The van der Waals surface area contributed by atoms with Crippen molar-refractivity contribution in [2.45, 2.75) is 37.9 Å². The minimum Gasteiger partial charge on any atom is -0.465 e. The quantitative estimate of drug-likeness (QED) is 0.743. The predicted molar refractivity (Wildman–Crippen MR) is 58.3 cm³/mol. The third kappa shape index (κ3) is 2.45. The summed E-state index contributed by atoms with van der Waals surface area (Å²) in [5, 5.41) is 8.80. The Kier molecular flexibility index (Phi) is 3.63. The van der Waals surface area contributed by atoms with E-state index in [4.69, 9.17) is 5.11 Å². The van der Waals surface area contributed by atoms with Crippen LogP contribution in [0.5, 0.6) is 0 Å². The van der Waals surface area contributed by atoms with Crippen molar-refractivity contribution in [1.29, 1.82) is 0 Å². The highest BCUT2D eigenvalue weighted by Gasteiger charge is 2.35. The molecule has 1 N–H and O–H groups in total. The van der Waals surface area contributed by atoms with Gasteiger partial charge in [-0.2, -0.15) is 0 Å². The normalized spacial score (nSPS) is 32.7. The van der Waals surface area contributed by atoms with Gasteiger partial charge in [-0.05, 0) is 32.4 Å². The van der Waals surface area contributed by atoms with Gasteiger partial charge in [-0.1, -0.05) is 6.42 Å².